The van der Waals surface area contributed by atoms with E-state index < -0.39 is 0 Å². The molecule has 0 saturated carbocycles. The van der Waals surface area contributed by atoms with Crippen molar-refractivity contribution >= 4 is 17.1 Å². The summed E-state index contributed by atoms with van der Waals surface area (Å²) in [5, 5.41) is 1.17. The summed E-state index contributed by atoms with van der Waals surface area (Å²) < 4.78 is 5.35. The zero-order chi connectivity index (χ0) is 11.0. The lowest BCUT2D eigenvalue weighted by atomic mass is 10.00. The molecule has 0 radical (unpaired) electrons. The molecule has 1 aliphatic heterocycles. The first-order chi connectivity index (χ1) is 7.84. The second-order valence-electron chi connectivity index (χ2n) is 4.49. The summed E-state index contributed by atoms with van der Waals surface area (Å²) in [6, 6.07) is 0. The lowest BCUT2D eigenvalue weighted by Gasteiger charge is -2.19. The van der Waals surface area contributed by atoms with Crippen LogP contribution in [0.25, 0.3) is 0 Å². The van der Waals surface area contributed by atoms with E-state index in [1.54, 1.807) is 11.3 Å². The van der Waals surface area contributed by atoms with Crippen molar-refractivity contribution in [1.29, 1.82) is 0 Å². The molecule has 2 heterocycles. The number of aryl methyl sites for hydroxylation is 1. The average molecular weight is 237 g/mol. The molecular weight excluding hydrogens is 222 g/mol. The van der Waals surface area contributed by atoms with Gasteiger partial charge in [0.15, 0.2) is 5.78 Å². The third kappa shape index (κ3) is 1.80. The van der Waals surface area contributed by atoms with Crippen LogP contribution in [0.4, 0.5) is 0 Å². The first-order valence-corrected chi connectivity index (χ1v) is 6.77. The Morgan fingerprint density at radius 2 is 2.06 bits per heavy atom. The van der Waals surface area contributed by atoms with E-state index in [-0.39, 0.29) is 5.78 Å². The molecule has 0 bridgehead atoms. The Kier molecular flexibility index (Phi) is 2.77. The van der Waals surface area contributed by atoms with Crippen LogP contribution >= 0.6 is 11.3 Å². The van der Waals surface area contributed by atoms with Gasteiger partial charge in [-0.15, -0.1) is 11.3 Å². The predicted octanol–water partition coefficient (Wildman–Crippen LogP) is 2.56. The molecule has 1 saturated heterocycles. The fourth-order valence-corrected chi connectivity index (χ4v) is 3.70. The van der Waals surface area contributed by atoms with Crippen LogP contribution in [0.3, 0.4) is 0 Å². The Morgan fingerprint density at radius 3 is 2.81 bits per heavy atom. The maximum atomic E-state index is 11.7. The third-order valence-electron chi connectivity index (χ3n) is 3.36. The molecular formula is C12H15NO2S. The van der Waals surface area contributed by atoms with Gasteiger partial charge in [-0.2, -0.15) is 0 Å². The highest BCUT2D eigenvalue weighted by Gasteiger charge is 2.26. The SMILES string of the molecule is O=C1CCCc2sc(C3CCOCC3)nc21. The Bertz CT molecular complexity index is 407. The number of carbonyl (C=O) groups is 1. The Hall–Kier alpha value is -0.740. The van der Waals surface area contributed by atoms with E-state index in [1.165, 1.54) is 9.88 Å². The Labute approximate surface area is 98.8 Å². The van der Waals surface area contributed by atoms with Gasteiger partial charge in [0, 0.05) is 30.4 Å². The van der Waals surface area contributed by atoms with Crippen LogP contribution < -0.4 is 0 Å². The number of aromatic nitrogens is 1. The lowest BCUT2D eigenvalue weighted by molar-refractivity contribution is 0.0852. The molecule has 1 aromatic rings. The van der Waals surface area contributed by atoms with Gasteiger partial charge in [0.1, 0.15) is 5.69 Å². The largest absolute Gasteiger partial charge is 0.381 e. The molecule has 0 N–H and O–H groups in total. The molecule has 3 nitrogen and oxygen atoms in total. The summed E-state index contributed by atoms with van der Waals surface area (Å²) in [5.41, 5.74) is 0.776. The number of hydrogen-bond donors (Lipinski definition) is 0. The minimum atomic E-state index is 0.246. The fourth-order valence-electron chi connectivity index (χ4n) is 2.40. The second-order valence-corrected chi connectivity index (χ2v) is 5.60. The van der Waals surface area contributed by atoms with Crippen LogP contribution in [0.1, 0.15) is 52.0 Å². The van der Waals surface area contributed by atoms with Gasteiger partial charge in [-0.25, -0.2) is 4.98 Å². The molecule has 1 aromatic heterocycles. The van der Waals surface area contributed by atoms with Crippen molar-refractivity contribution in [3.8, 4) is 0 Å². The number of carbonyl (C=O) groups excluding carboxylic acids is 1. The molecule has 4 heteroatoms. The maximum absolute atomic E-state index is 11.7. The molecule has 0 atom stereocenters. The van der Waals surface area contributed by atoms with Crippen LogP contribution in [0.2, 0.25) is 0 Å². The predicted molar refractivity (Wildman–Crippen MR) is 62.2 cm³/mol. The summed E-state index contributed by atoms with van der Waals surface area (Å²) >= 11 is 1.76. The van der Waals surface area contributed by atoms with Gasteiger partial charge in [0.05, 0.1) is 5.01 Å². The first kappa shape index (κ1) is 10.4. The molecule has 86 valence electrons. The van der Waals surface area contributed by atoms with Gasteiger partial charge in [0.2, 0.25) is 0 Å². The number of ketones is 1. The van der Waals surface area contributed by atoms with E-state index in [0.29, 0.717) is 12.3 Å². The Morgan fingerprint density at radius 1 is 1.25 bits per heavy atom. The van der Waals surface area contributed by atoms with Gasteiger partial charge in [-0.05, 0) is 25.7 Å². The lowest BCUT2D eigenvalue weighted by Crippen LogP contribution is -2.14. The number of ether oxygens (including phenoxy) is 1. The van der Waals surface area contributed by atoms with E-state index >= 15 is 0 Å². The number of hydrogen-bond acceptors (Lipinski definition) is 4. The smallest absolute Gasteiger partial charge is 0.182 e. The summed E-state index contributed by atoms with van der Waals surface area (Å²) in [4.78, 5) is 17.5. The highest BCUT2D eigenvalue weighted by atomic mass is 32.1. The zero-order valence-corrected chi connectivity index (χ0v) is 10.0. The van der Waals surface area contributed by atoms with Gasteiger partial charge < -0.3 is 4.74 Å². The zero-order valence-electron chi connectivity index (χ0n) is 9.20. The number of Topliss-reactive ketones (excluding diaryl/α,β-unsaturated/α-hetero) is 1. The summed E-state index contributed by atoms with van der Waals surface area (Å²) in [6.07, 6.45) is 4.84. The van der Waals surface area contributed by atoms with E-state index in [1.807, 2.05) is 0 Å². The van der Waals surface area contributed by atoms with Crippen LogP contribution in [-0.2, 0) is 11.2 Å². The number of rotatable bonds is 1. The monoisotopic (exact) mass is 237 g/mol. The van der Waals surface area contributed by atoms with Gasteiger partial charge in [-0.1, -0.05) is 0 Å². The molecule has 0 amide bonds. The Balaban J connectivity index is 1.88. The fraction of sp³-hybridized carbons (Fsp3) is 0.667. The van der Waals surface area contributed by atoms with Crippen molar-refractivity contribution in [2.75, 3.05) is 13.2 Å². The van der Waals surface area contributed by atoms with Gasteiger partial charge in [-0.3, -0.25) is 4.79 Å². The van der Waals surface area contributed by atoms with Crippen molar-refractivity contribution in [2.45, 2.75) is 38.0 Å². The van der Waals surface area contributed by atoms with Crippen molar-refractivity contribution < 1.29 is 9.53 Å². The van der Waals surface area contributed by atoms with E-state index in [0.717, 1.165) is 44.6 Å². The topological polar surface area (TPSA) is 39.2 Å². The van der Waals surface area contributed by atoms with Crippen molar-refractivity contribution in [2.24, 2.45) is 0 Å². The van der Waals surface area contributed by atoms with Crippen LogP contribution in [-0.4, -0.2) is 24.0 Å². The first-order valence-electron chi connectivity index (χ1n) is 5.95. The minimum Gasteiger partial charge on any atom is -0.381 e. The normalized spacial score (nSPS) is 22.1. The highest BCUT2D eigenvalue weighted by molar-refractivity contribution is 7.12. The van der Waals surface area contributed by atoms with E-state index in [4.69, 9.17) is 4.74 Å². The molecule has 0 unspecified atom stereocenters. The number of thiazole rings is 1. The molecule has 0 aromatic carbocycles. The quantitative estimate of drug-likeness (QED) is 0.753. The molecule has 2 aliphatic rings. The average Bonchev–Trinajstić information content (AvgIpc) is 2.76. The third-order valence-corrected chi connectivity index (χ3v) is 4.63. The molecule has 1 fully saturated rings. The van der Waals surface area contributed by atoms with Crippen LogP contribution in [0, 0.1) is 0 Å². The van der Waals surface area contributed by atoms with E-state index in [2.05, 4.69) is 4.98 Å². The van der Waals surface area contributed by atoms with Gasteiger partial charge in [0.25, 0.3) is 0 Å². The summed E-state index contributed by atoms with van der Waals surface area (Å²) in [7, 11) is 0. The molecule has 0 spiro atoms. The van der Waals surface area contributed by atoms with Crippen LogP contribution in [0.5, 0.6) is 0 Å². The minimum absolute atomic E-state index is 0.246. The van der Waals surface area contributed by atoms with Crippen LogP contribution in [0.15, 0.2) is 0 Å². The van der Waals surface area contributed by atoms with Crippen molar-refractivity contribution in [1.82, 2.24) is 4.98 Å². The van der Waals surface area contributed by atoms with Crippen molar-refractivity contribution in [3.63, 3.8) is 0 Å². The second kappa shape index (κ2) is 4.26. The highest BCUT2D eigenvalue weighted by Crippen LogP contribution is 2.34. The molecule has 1 aliphatic carbocycles. The number of nitrogens with zero attached hydrogens (tertiary/aromatic N) is 1. The molecule has 16 heavy (non-hydrogen) atoms. The van der Waals surface area contributed by atoms with E-state index in [9.17, 15) is 4.79 Å². The van der Waals surface area contributed by atoms with Gasteiger partial charge >= 0.3 is 0 Å². The maximum Gasteiger partial charge on any atom is 0.182 e. The summed E-state index contributed by atoms with van der Waals surface area (Å²) in [6.45, 7) is 1.67. The van der Waals surface area contributed by atoms with Crippen molar-refractivity contribution in [3.05, 3.63) is 15.6 Å². The summed E-state index contributed by atoms with van der Waals surface area (Å²) in [5.74, 6) is 0.771. The number of fused-ring (bicyclic) bond motifs is 1. The standard InChI is InChI=1S/C12H15NO2S/c14-9-2-1-3-10-11(9)13-12(16-10)8-4-6-15-7-5-8/h8H,1-7H2. The molecule has 3 rings (SSSR count).